The highest BCUT2D eigenvalue weighted by molar-refractivity contribution is 5.22. The third kappa shape index (κ3) is 3.57. The van der Waals surface area contributed by atoms with Crippen LogP contribution in [0.1, 0.15) is 31.9 Å². The van der Waals surface area contributed by atoms with Gasteiger partial charge in [0, 0.05) is 6.42 Å². The number of nitrogens with zero attached hydrogens (tertiary/aromatic N) is 2. The normalized spacial score (nSPS) is 9.00. The molecule has 0 radical (unpaired) electrons. The molecule has 0 aliphatic carbocycles. The topological polar surface area (TPSA) is 39.8 Å². The summed E-state index contributed by atoms with van der Waals surface area (Å²) in [7, 11) is 0. The monoisotopic (exact) mass is 176 g/mol. The van der Waals surface area contributed by atoms with Crippen molar-refractivity contribution in [1.29, 1.82) is 0 Å². The summed E-state index contributed by atoms with van der Waals surface area (Å²) < 4.78 is 0.705. The first kappa shape index (κ1) is 9.53. The second-order valence-electron chi connectivity index (χ2n) is 2.71. The molecule has 0 unspecified atom stereocenters. The Morgan fingerprint density at radius 3 is 3.15 bits per heavy atom. The first-order valence-corrected chi connectivity index (χ1v) is 4.36. The highest BCUT2D eigenvalue weighted by Crippen LogP contribution is 1.91. The minimum absolute atomic E-state index is 0.536. The van der Waals surface area contributed by atoms with Gasteiger partial charge in [-0.1, -0.05) is 19.3 Å². The predicted octanol–water partition coefficient (Wildman–Crippen LogP) is 1.26. The van der Waals surface area contributed by atoms with Crippen LogP contribution in [0.15, 0.2) is 18.6 Å². The van der Waals surface area contributed by atoms with Gasteiger partial charge in [0.05, 0.1) is 6.20 Å². The molecular formula is C10H12N2O. The van der Waals surface area contributed by atoms with Crippen LogP contribution in [0.2, 0.25) is 0 Å². The van der Waals surface area contributed by atoms with E-state index in [1.807, 2.05) is 0 Å². The number of unbranched alkanes of at least 4 members (excludes halogenated alkanes) is 2. The average Bonchev–Trinajstić information content (AvgIpc) is 2.13. The molecule has 3 nitrogen and oxygen atoms in total. The van der Waals surface area contributed by atoms with E-state index in [4.69, 9.17) is 0 Å². The Morgan fingerprint density at radius 1 is 1.62 bits per heavy atom. The van der Waals surface area contributed by atoms with Crippen LogP contribution in [0.3, 0.4) is 0 Å². The van der Waals surface area contributed by atoms with Gasteiger partial charge in [-0.2, -0.15) is 4.73 Å². The Kier molecular flexibility index (Phi) is 3.77. The summed E-state index contributed by atoms with van der Waals surface area (Å²) in [5, 5.41) is 10.8. The van der Waals surface area contributed by atoms with Gasteiger partial charge in [-0.05, 0) is 12.3 Å². The molecule has 0 aliphatic rings. The van der Waals surface area contributed by atoms with Gasteiger partial charge >= 0.3 is 0 Å². The molecule has 3 heteroatoms. The van der Waals surface area contributed by atoms with Crippen molar-refractivity contribution in [2.75, 3.05) is 0 Å². The lowest BCUT2D eigenvalue weighted by atomic mass is 10.2. The van der Waals surface area contributed by atoms with Crippen LogP contribution >= 0.6 is 0 Å². The van der Waals surface area contributed by atoms with Crippen LogP contribution in [0.5, 0.6) is 0 Å². The standard InChI is InChI=1S/C10H12N2O/c1-2-3-4-5-6-10-9-12(13)8-7-11-10/h7-9H,2-4H2,1H3. The van der Waals surface area contributed by atoms with E-state index in [0.29, 0.717) is 10.4 Å². The van der Waals surface area contributed by atoms with Crippen molar-refractivity contribution in [2.45, 2.75) is 26.2 Å². The molecular weight excluding hydrogens is 164 g/mol. The van der Waals surface area contributed by atoms with E-state index in [-0.39, 0.29) is 0 Å². The van der Waals surface area contributed by atoms with E-state index >= 15 is 0 Å². The molecule has 1 rings (SSSR count). The zero-order valence-electron chi connectivity index (χ0n) is 7.66. The maximum Gasteiger partial charge on any atom is 0.214 e. The van der Waals surface area contributed by atoms with Crippen molar-refractivity contribution in [1.82, 2.24) is 4.98 Å². The number of hydrogen-bond donors (Lipinski definition) is 0. The van der Waals surface area contributed by atoms with Crippen molar-refractivity contribution in [2.24, 2.45) is 0 Å². The second-order valence-corrected chi connectivity index (χ2v) is 2.71. The van der Waals surface area contributed by atoms with Crippen LogP contribution in [-0.2, 0) is 0 Å². The molecule has 0 aromatic carbocycles. The van der Waals surface area contributed by atoms with E-state index in [2.05, 4.69) is 23.7 Å². The maximum absolute atomic E-state index is 10.8. The van der Waals surface area contributed by atoms with Gasteiger partial charge in [0.2, 0.25) is 6.20 Å². The minimum atomic E-state index is 0.536. The molecule has 68 valence electrons. The van der Waals surface area contributed by atoms with Gasteiger partial charge in [-0.25, -0.2) is 4.98 Å². The highest BCUT2D eigenvalue weighted by Gasteiger charge is 1.91. The van der Waals surface area contributed by atoms with Crippen LogP contribution in [0.4, 0.5) is 0 Å². The van der Waals surface area contributed by atoms with Gasteiger partial charge in [0.15, 0.2) is 11.9 Å². The Balaban J connectivity index is 2.56. The lowest BCUT2D eigenvalue weighted by Crippen LogP contribution is -2.25. The lowest BCUT2D eigenvalue weighted by molar-refractivity contribution is -0.606. The molecule has 1 aromatic heterocycles. The number of hydrogen-bond acceptors (Lipinski definition) is 2. The Morgan fingerprint density at radius 2 is 2.46 bits per heavy atom. The predicted molar refractivity (Wildman–Crippen MR) is 49.6 cm³/mol. The summed E-state index contributed by atoms with van der Waals surface area (Å²) in [5.41, 5.74) is 0.536. The minimum Gasteiger partial charge on any atom is -0.619 e. The second kappa shape index (κ2) is 5.15. The maximum atomic E-state index is 10.8. The van der Waals surface area contributed by atoms with E-state index in [0.717, 1.165) is 19.3 Å². The van der Waals surface area contributed by atoms with Crippen molar-refractivity contribution < 1.29 is 4.73 Å². The third-order valence-electron chi connectivity index (χ3n) is 1.55. The third-order valence-corrected chi connectivity index (χ3v) is 1.55. The van der Waals surface area contributed by atoms with Crippen molar-refractivity contribution >= 4 is 0 Å². The quantitative estimate of drug-likeness (QED) is 0.294. The molecule has 0 aliphatic heterocycles. The molecule has 0 N–H and O–H groups in total. The van der Waals surface area contributed by atoms with E-state index in [1.165, 1.54) is 18.6 Å². The van der Waals surface area contributed by atoms with Crippen molar-refractivity contribution in [3.63, 3.8) is 0 Å². The molecule has 1 heterocycles. The molecule has 0 saturated carbocycles. The summed E-state index contributed by atoms with van der Waals surface area (Å²) in [6, 6.07) is 0. The number of rotatable bonds is 2. The molecule has 13 heavy (non-hydrogen) atoms. The first-order valence-electron chi connectivity index (χ1n) is 4.36. The van der Waals surface area contributed by atoms with Crippen LogP contribution in [-0.4, -0.2) is 4.98 Å². The summed E-state index contributed by atoms with van der Waals surface area (Å²) in [6.45, 7) is 2.12. The molecule has 0 spiro atoms. The van der Waals surface area contributed by atoms with Crippen LogP contribution < -0.4 is 4.73 Å². The fourth-order valence-corrected chi connectivity index (χ4v) is 0.859. The van der Waals surface area contributed by atoms with E-state index in [9.17, 15) is 5.21 Å². The fourth-order valence-electron chi connectivity index (χ4n) is 0.859. The Hall–Kier alpha value is -1.56. The van der Waals surface area contributed by atoms with Gasteiger partial charge in [-0.15, -0.1) is 0 Å². The largest absolute Gasteiger partial charge is 0.619 e. The lowest BCUT2D eigenvalue weighted by Gasteiger charge is -1.92. The SMILES string of the molecule is CCCCC#Cc1c[n+]([O-])ccn1. The molecule has 0 fully saturated rings. The summed E-state index contributed by atoms with van der Waals surface area (Å²) in [6.07, 6.45) is 7.27. The summed E-state index contributed by atoms with van der Waals surface area (Å²) in [5.74, 6) is 5.80. The van der Waals surface area contributed by atoms with Crippen LogP contribution in [0, 0.1) is 17.0 Å². The highest BCUT2D eigenvalue weighted by atomic mass is 16.5. The molecule has 1 aromatic rings. The first-order chi connectivity index (χ1) is 6.33. The summed E-state index contributed by atoms with van der Waals surface area (Å²) in [4.78, 5) is 3.94. The van der Waals surface area contributed by atoms with Gasteiger partial charge in [0.1, 0.15) is 0 Å². The molecule has 0 bridgehead atoms. The van der Waals surface area contributed by atoms with Crippen molar-refractivity contribution in [3.8, 4) is 11.8 Å². The van der Waals surface area contributed by atoms with Crippen LogP contribution in [0.25, 0.3) is 0 Å². The average molecular weight is 176 g/mol. The van der Waals surface area contributed by atoms with Crippen molar-refractivity contribution in [3.05, 3.63) is 29.5 Å². The zero-order chi connectivity index (χ0) is 9.52. The zero-order valence-corrected chi connectivity index (χ0v) is 7.66. The Bertz CT molecular complexity index is 325. The van der Waals surface area contributed by atoms with Gasteiger partial charge < -0.3 is 5.21 Å². The number of aromatic nitrogens is 2. The fraction of sp³-hybridized carbons (Fsp3) is 0.400. The van der Waals surface area contributed by atoms with Gasteiger partial charge in [-0.3, -0.25) is 0 Å². The van der Waals surface area contributed by atoms with E-state index < -0.39 is 0 Å². The summed E-state index contributed by atoms with van der Waals surface area (Å²) >= 11 is 0. The molecule has 0 saturated heterocycles. The van der Waals surface area contributed by atoms with E-state index in [1.54, 1.807) is 0 Å². The Labute approximate surface area is 78.0 Å². The van der Waals surface area contributed by atoms with Gasteiger partial charge in [0.25, 0.3) is 0 Å². The smallest absolute Gasteiger partial charge is 0.214 e. The molecule has 0 amide bonds. The molecule has 0 atom stereocenters.